The first-order chi connectivity index (χ1) is 57.9. The Balaban J connectivity index is 0.000000110. The number of rotatable bonds is 11. The van der Waals surface area contributed by atoms with E-state index < -0.39 is 0 Å². The molecule has 23 aromatic rings. The van der Waals surface area contributed by atoms with Crippen LogP contribution in [0.1, 0.15) is 0 Å². The minimum atomic E-state index is 0.727. The number of hydrogen-bond acceptors (Lipinski definition) is 9. The van der Waals surface area contributed by atoms with Crippen LogP contribution in [0.3, 0.4) is 0 Å². The quantitative estimate of drug-likeness (QED) is 0.125. The summed E-state index contributed by atoms with van der Waals surface area (Å²) in [5.41, 5.74) is 30.4. The molecule has 0 aliphatic carbocycles. The Bertz CT molecular complexity index is 7650. The molecule has 0 amide bonds. The minimum Gasteiger partial charge on any atom is -0.456 e. The average Bonchev–Trinajstić information content (AvgIpc) is 1.20. The molecule has 0 unspecified atom stereocenters. The van der Waals surface area contributed by atoms with Crippen molar-refractivity contribution in [2.45, 2.75) is 0 Å². The van der Waals surface area contributed by atoms with Crippen LogP contribution >= 0.6 is 0 Å². The third-order valence-electron chi connectivity index (χ3n) is 21.9. The van der Waals surface area contributed by atoms with Crippen molar-refractivity contribution in [3.63, 3.8) is 0 Å². The summed E-state index contributed by atoms with van der Waals surface area (Å²) in [5, 5.41) is 8.88. The lowest BCUT2D eigenvalue weighted by molar-refractivity contribution is 0.668. The predicted octanol–water partition coefficient (Wildman–Crippen LogP) is 28.9. The molecule has 117 heavy (non-hydrogen) atoms. The number of para-hydroxylation sites is 4. The number of furan rings is 3. The molecule has 0 aliphatic rings. The van der Waals surface area contributed by atoms with Gasteiger partial charge in [-0.15, -0.1) is 0 Å². The molecule has 17 aromatic carbocycles. The Kier molecular flexibility index (Phi) is 17.7. The molecule has 0 bridgehead atoms. The molecule has 0 N–H and O–H groups in total. The zero-order valence-corrected chi connectivity index (χ0v) is 63.2. The van der Waals surface area contributed by atoms with Gasteiger partial charge in [0.1, 0.15) is 33.5 Å². The third-order valence-corrected chi connectivity index (χ3v) is 21.9. The van der Waals surface area contributed by atoms with Gasteiger partial charge in [-0.05, 0) is 135 Å². The van der Waals surface area contributed by atoms with E-state index in [-0.39, 0.29) is 0 Å². The molecule has 0 saturated heterocycles. The summed E-state index contributed by atoms with van der Waals surface area (Å²) in [6.45, 7) is 0. The molecule has 9 heteroatoms. The van der Waals surface area contributed by atoms with Gasteiger partial charge in [0, 0.05) is 82.0 Å². The Hall–Kier alpha value is -15.8. The zero-order chi connectivity index (χ0) is 77.5. The highest BCUT2D eigenvalue weighted by Crippen LogP contribution is 2.42. The van der Waals surface area contributed by atoms with Crippen LogP contribution < -0.4 is 0 Å². The maximum Gasteiger partial charge on any atom is 0.160 e. The van der Waals surface area contributed by atoms with Gasteiger partial charge in [-0.2, -0.15) is 0 Å². The summed E-state index contributed by atoms with van der Waals surface area (Å²) < 4.78 is 18.1. The summed E-state index contributed by atoms with van der Waals surface area (Å²) in [6.07, 6.45) is 0. The first-order valence-corrected chi connectivity index (χ1v) is 39.2. The van der Waals surface area contributed by atoms with Gasteiger partial charge in [-0.1, -0.05) is 328 Å². The Morgan fingerprint density at radius 3 is 0.906 bits per heavy atom. The highest BCUT2D eigenvalue weighted by atomic mass is 16.3. The molecule has 6 aromatic heterocycles. The molecule has 548 valence electrons. The molecular formula is C108H68N6O3. The lowest BCUT2D eigenvalue weighted by atomic mass is 9.97. The normalized spacial score (nSPS) is 11.4. The number of benzene rings is 17. The van der Waals surface area contributed by atoms with Crippen molar-refractivity contribution >= 4 is 98.7 Å². The SMILES string of the molecule is c1ccc(-c2nc(-c3ccccc3)c3cc(-c4ccc(-c5ccc6oc7ccccc7c6c5)cc4)ccc3n2)cc1.c1ccc(-c2nc(-c3ccccc3)c3ccc(-c4ccc5oc6ccccc6c5c4)cc3n2)cc1.c1ccc(-c2nc3cccc(-c4ccc(-c5ccc6oc7ccccc7c6c5)cc4)c3nc2-c2ccccc2)cc1. The van der Waals surface area contributed by atoms with Gasteiger partial charge in [0.25, 0.3) is 0 Å². The van der Waals surface area contributed by atoms with Crippen molar-refractivity contribution in [1.29, 1.82) is 0 Å². The fraction of sp³-hybridized carbons (Fsp3) is 0. The lowest BCUT2D eigenvalue weighted by Crippen LogP contribution is -1.97. The van der Waals surface area contributed by atoms with Gasteiger partial charge in [0.15, 0.2) is 11.6 Å². The summed E-state index contributed by atoms with van der Waals surface area (Å²) in [7, 11) is 0. The number of fused-ring (bicyclic) bond motifs is 12. The van der Waals surface area contributed by atoms with Crippen molar-refractivity contribution in [1.82, 2.24) is 29.9 Å². The highest BCUT2D eigenvalue weighted by molar-refractivity contribution is 6.09. The van der Waals surface area contributed by atoms with Crippen molar-refractivity contribution in [2.75, 3.05) is 0 Å². The Morgan fingerprint density at radius 2 is 0.462 bits per heavy atom. The predicted molar refractivity (Wildman–Crippen MR) is 480 cm³/mol. The fourth-order valence-electron chi connectivity index (χ4n) is 16.0. The third kappa shape index (κ3) is 13.4. The van der Waals surface area contributed by atoms with E-state index in [0.717, 1.165) is 211 Å². The van der Waals surface area contributed by atoms with Crippen LogP contribution in [0.15, 0.2) is 426 Å². The zero-order valence-electron chi connectivity index (χ0n) is 63.2. The number of aromatic nitrogens is 6. The van der Waals surface area contributed by atoms with Crippen molar-refractivity contribution in [3.8, 4) is 123 Å². The second kappa shape index (κ2) is 30.0. The van der Waals surface area contributed by atoms with Gasteiger partial charge in [0.05, 0.1) is 44.8 Å². The van der Waals surface area contributed by atoms with Gasteiger partial charge >= 0.3 is 0 Å². The fourth-order valence-corrected chi connectivity index (χ4v) is 16.0. The summed E-state index contributed by atoms with van der Waals surface area (Å²) in [6, 6.07) is 142. The van der Waals surface area contributed by atoms with E-state index in [0.29, 0.717) is 0 Å². The summed E-state index contributed by atoms with van der Waals surface area (Å²) >= 11 is 0. The van der Waals surface area contributed by atoms with Crippen LogP contribution in [0, 0.1) is 0 Å². The van der Waals surface area contributed by atoms with Crippen LogP contribution in [-0.2, 0) is 0 Å². The van der Waals surface area contributed by atoms with Gasteiger partial charge < -0.3 is 13.3 Å². The van der Waals surface area contributed by atoms with E-state index in [4.69, 9.17) is 43.2 Å². The first-order valence-electron chi connectivity index (χ1n) is 39.2. The Labute approximate surface area is 673 Å². The molecule has 0 atom stereocenters. The number of hydrogen-bond donors (Lipinski definition) is 0. The smallest absolute Gasteiger partial charge is 0.160 e. The second-order valence-electron chi connectivity index (χ2n) is 29.1. The van der Waals surface area contributed by atoms with Crippen LogP contribution in [-0.4, -0.2) is 29.9 Å². The van der Waals surface area contributed by atoms with E-state index in [1.54, 1.807) is 0 Å². The van der Waals surface area contributed by atoms with Crippen molar-refractivity contribution in [3.05, 3.63) is 413 Å². The molecule has 0 spiro atoms. The van der Waals surface area contributed by atoms with E-state index in [9.17, 15) is 0 Å². The van der Waals surface area contributed by atoms with Gasteiger partial charge in [-0.3, -0.25) is 0 Å². The molecule has 0 aliphatic heterocycles. The second-order valence-corrected chi connectivity index (χ2v) is 29.1. The van der Waals surface area contributed by atoms with E-state index >= 15 is 0 Å². The van der Waals surface area contributed by atoms with Crippen LogP contribution in [0.25, 0.3) is 222 Å². The maximum absolute atomic E-state index is 6.03. The van der Waals surface area contributed by atoms with Gasteiger partial charge in [0.2, 0.25) is 0 Å². The molecule has 9 nitrogen and oxygen atoms in total. The Morgan fingerprint density at radius 1 is 0.145 bits per heavy atom. The number of nitrogens with zero attached hydrogens (tertiary/aromatic N) is 6. The molecule has 0 saturated carbocycles. The monoisotopic (exact) mass is 1500 g/mol. The molecular weight excluding hydrogens is 1430 g/mol. The van der Waals surface area contributed by atoms with Gasteiger partial charge in [-0.25, -0.2) is 29.9 Å². The molecule has 0 fully saturated rings. The average molecular weight is 1500 g/mol. The largest absolute Gasteiger partial charge is 0.456 e. The maximum atomic E-state index is 6.03. The first kappa shape index (κ1) is 69.1. The van der Waals surface area contributed by atoms with E-state index in [2.05, 4.69) is 267 Å². The van der Waals surface area contributed by atoms with Crippen molar-refractivity contribution in [2.24, 2.45) is 0 Å². The topological polar surface area (TPSA) is 117 Å². The van der Waals surface area contributed by atoms with Crippen molar-refractivity contribution < 1.29 is 13.3 Å². The van der Waals surface area contributed by atoms with Crippen LogP contribution in [0.5, 0.6) is 0 Å². The molecule has 23 rings (SSSR count). The highest BCUT2D eigenvalue weighted by Gasteiger charge is 2.20. The molecule has 0 radical (unpaired) electrons. The van der Waals surface area contributed by atoms with E-state index in [1.807, 2.05) is 146 Å². The van der Waals surface area contributed by atoms with E-state index in [1.165, 1.54) is 11.1 Å². The lowest BCUT2D eigenvalue weighted by Gasteiger charge is -2.13. The summed E-state index contributed by atoms with van der Waals surface area (Å²) in [4.78, 5) is 30.4. The van der Waals surface area contributed by atoms with Crippen LogP contribution in [0.2, 0.25) is 0 Å². The molecule has 6 heterocycles. The summed E-state index contributed by atoms with van der Waals surface area (Å²) in [5.74, 6) is 1.46. The standard InChI is InChI=1S/2C38H24N2O.C32H20N2O/c1-3-10-27(11-4-1)36-37(28-12-5-2-6-13-28)40-38-30(15-9-16-33(38)39-36)26-20-18-25(19-21-26)29-22-23-35-32(24-29)31-14-7-8-17-34(31)41-35;1-3-9-27(10-4-1)37-33-24-29(19-21-34(33)39-38(40-37)28-11-5-2-6-12-28)25-15-17-26(18-16-25)30-20-22-36-32(23-30)31-13-7-8-14-35(31)41-36;1-3-9-21(10-4-1)31-26-17-15-24(20-28(26)33-32(34-31)22-11-5-2-6-12-22)23-16-18-30-27(19-23)25-13-7-8-14-29(25)35-30/h2*1-24H;1-20H. The minimum absolute atomic E-state index is 0.727. The van der Waals surface area contributed by atoms with Crippen LogP contribution in [0.4, 0.5) is 0 Å².